The molecule has 1 aliphatic heterocycles. The summed E-state index contributed by atoms with van der Waals surface area (Å²) < 4.78 is 19.6. The summed E-state index contributed by atoms with van der Waals surface area (Å²) in [5.74, 6) is 0.287. The van der Waals surface area contributed by atoms with Gasteiger partial charge in [0.05, 0.1) is 11.8 Å². The van der Waals surface area contributed by atoms with Gasteiger partial charge < -0.3 is 14.6 Å². The molecular weight excluding hydrogens is 417 g/mol. The van der Waals surface area contributed by atoms with E-state index in [1.54, 1.807) is 18.2 Å². The van der Waals surface area contributed by atoms with E-state index in [2.05, 4.69) is 39.5 Å². The molecule has 4 aromatic rings. The molecule has 0 aliphatic carbocycles. The summed E-state index contributed by atoms with van der Waals surface area (Å²) in [7, 11) is 0. The highest BCUT2D eigenvalue weighted by atomic mass is 19.1. The van der Waals surface area contributed by atoms with Gasteiger partial charge in [-0.1, -0.05) is 48.5 Å². The molecule has 0 saturated heterocycles. The van der Waals surface area contributed by atoms with Crippen LogP contribution in [0, 0.1) is 5.82 Å². The third kappa shape index (κ3) is 4.65. The highest BCUT2D eigenvalue weighted by Crippen LogP contribution is 2.30. The molecule has 5 rings (SSSR count). The van der Waals surface area contributed by atoms with Crippen LogP contribution in [0.2, 0.25) is 0 Å². The van der Waals surface area contributed by atoms with Crippen LogP contribution in [-0.2, 0) is 24.2 Å². The number of rotatable bonds is 7. The van der Waals surface area contributed by atoms with Crippen LogP contribution >= 0.6 is 0 Å². The predicted molar refractivity (Wildman–Crippen MR) is 126 cm³/mol. The molecule has 0 unspecified atom stereocenters. The number of benzene rings is 3. The Kier molecular flexibility index (Phi) is 5.89. The molecule has 1 amide bonds. The van der Waals surface area contributed by atoms with Crippen LogP contribution in [0.5, 0.6) is 0 Å². The highest BCUT2D eigenvalue weighted by Gasteiger charge is 2.20. The lowest BCUT2D eigenvalue weighted by molar-refractivity contribution is -0.116. The van der Waals surface area contributed by atoms with Crippen molar-refractivity contribution in [2.45, 2.75) is 25.8 Å². The van der Waals surface area contributed by atoms with Crippen molar-refractivity contribution in [3.8, 4) is 11.3 Å². The van der Waals surface area contributed by atoms with E-state index < -0.39 is 0 Å². The standard InChI is InChI=1S/C27H24FN3O2/c28-22-10-4-3-9-21(22)25-17-29-27(33-25)14-13-26(32)30-23-11-5-1-8-20(23)18-31-16-15-19-7-2-6-12-24(19)31/h1-12,17H,13-16,18H2,(H,30,32). The maximum absolute atomic E-state index is 14.0. The average molecular weight is 442 g/mol. The fourth-order valence-electron chi connectivity index (χ4n) is 4.20. The molecule has 2 heterocycles. The summed E-state index contributed by atoms with van der Waals surface area (Å²) in [6.07, 6.45) is 3.09. The van der Waals surface area contributed by atoms with E-state index >= 15 is 0 Å². The quantitative estimate of drug-likeness (QED) is 0.405. The van der Waals surface area contributed by atoms with Gasteiger partial charge in [-0.15, -0.1) is 0 Å². The number of amides is 1. The van der Waals surface area contributed by atoms with Gasteiger partial charge in [0, 0.05) is 37.3 Å². The van der Waals surface area contributed by atoms with E-state index in [-0.39, 0.29) is 18.1 Å². The van der Waals surface area contributed by atoms with Crippen molar-refractivity contribution in [3.05, 3.63) is 102 Å². The van der Waals surface area contributed by atoms with E-state index in [9.17, 15) is 9.18 Å². The number of hydrogen-bond acceptors (Lipinski definition) is 4. The van der Waals surface area contributed by atoms with Gasteiger partial charge in [0.25, 0.3) is 0 Å². The van der Waals surface area contributed by atoms with Gasteiger partial charge in [0.2, 0.25) is 5.91 Å². The number of nitrogens with one attached hydrogen (secondary N) is 1. The Morgan fingerprint density at radius 2 is 1.82 bits per heavy atom. The molecule has 1 N–H and O–H groups in total. The number of hydrogen-bond donors (Lipinski definition) is 1. The number of fused-ring (bicyclic) bond motifs is 1. The summed E-state index contributed by atoms with van der Waals surface area (Å²) in [4.78, 5) is 19.2. The molecule has 166 valence electrons. The average Bonchev–Trinajstić information content (AvgIpc) is 3.47. The van der Waals surface area contributed by atoms with Crippen LogP contribution in [0.15, 0.2) is 83.4 Å². The Balaban J connectivity index is 1.21. The van der Waals surface area contributed by atoms with Gasteiger partial charge in [-0.05, 0) is 41.8 Å². The fourth-order valence-corrected chi connectivity index (χ4v) is 4.20. The fraction of sp³-hybridized carbons (Fsp3) is 0.185. The van der Waals surface area contributed by atoms with Gasteiger partial charge in [0.1, 0.15) is 5.82 Å². The van der Waals surface area contributed by atoms with Gasteiger partial charge >= 0.3 is 0 Å². The first-order valence-corrected chi connectivity index (χ1v) is 11.1. The first-order valence-electron chi connectivity index (χ1n) is 11.1. The van der Waals surface area contributed by atoms with Gasteiger partial charge in [0.15, 0.2) is 11.7 Å². The predicted octanol–water partition coefficient (Wildman–Crippen LogP) is 5.61. The molecule has 0 radical (unpaired) electrons. The van der Waals surface area contributed by atoms with Crippen molar-refractivity contribution in [1.29, 1.82) is 0 Å². The molecule has 6 heteroatoms. The zero-order valence-electron chi connectivity index (χ0n) is 18.1. The smallest absolute Gasteiger partial charge is 0.224 e. The second kappa shape index (κ2) is 9.28. The van der Waals surface area contributed by atoms with Crippen molar-refractivity contribution in [1.82, 2.24) is 4.98 Å². The zero-order valence-corrected chi connectivity index (χ0v) is 18.1. The number of aryl methyl sites for hydroxylation is 1. The number of aromatic nitrogens is 1. The number of anilines is 2. The van der Waals surface area contributed by atoms with E-state index in [4.69, 9.17) is 4.42 Å². The number of oxazole rings is 1. The first kappa shape index (κ1) is 20.9. The molecule has 0 atom stereocenters. The number of para-hydroxylation sites is 2. The summed E-state index contributed by atoms with van der Waals surface area (Å²) in [5, 5.41) is 3.03. The maximum Gasteiger partial charge on any atom is 0.224 e. The van der Waals surface area contributed by atoms with Gasteiger partial charge in [-0.3, -0.25) is 4.79 Å². The maximum atomic E-state index is 14.0. The second-order valence-electron chi connectivity index (χ2n) is 8.10. The zero-order chi connectivity index (χ0) is 22.6. The highest BCUT2D eigenvalue weighted by molar-refractivity contribution is 5.91. The van der Waals surface area contributed by atoms with Crippen LogP contribution in [-0.4, -0.2) is 17.4 Å². The Morgan fingerprint density at radius 1 is 1.03 bits per heavy atom. The summed E-state index contributed by atoms with van der Waals surface area (Å²) in [6, 6.07) is 22.7. The van der Waals surface area contributed by atoms with Gasteiger partial charge in [-0.2, -0.15) is 0 Å². The van der Waals surface area contributed by atoms with Crippen LogP contribution in [0.4, 0.5) is 15.8 Å². The number of halogens is 1. The van der Waals surface area contributed by atoms with Crippen molar-refractivity contribution >= 4 is 17.3 Å². The summed E-state index contributed by atoms with van der Waals surface area (Å²) in [5.41, 5.74) is 4.86. The van der Waals surface area contributed by atoms with E-state index in [0.29, 0.717) is 23.6 Å². The monoisotopic (exact) mass is 441 g/mol. The van der Waals surface area contributed by atoms with Crippen LogP contribution in [0.3, 0.4) is 0 Å². The topological polar surface area (TPSA) is 58.4 Å². The normalized spacial score (nSPS) is 12.6. The Morgan fingerprint density at radius 3 is 2.73 bits per heavy atom. The van der Waals surface area contributed by atoms with Gasteiger partial charge in [-0.25, -0.2) is 9.37 Å². The third-order valence-corrected chi connectivity index (χ3v) is 5.89. The number of carbonyl (C=O) groups is 1. The molecule has 0 spiro atoms. The molecule has 0 fully saturated rings. The Bertz CT molecular complexity index is 1280. The Hall–Kier alpha value is -3.93. The van der Waals surface area contributed by atoms with E-state index in [1.165, 1.54) is 23.5 Å². The van der Waals surface area contributed by atoms with Crippen LogP contribution in [0.1, 0.15) is 23.4 Å². The molecule has 1 aromatic heterocycles. The van der Waals surface area contributed by atoms with Crippen molar-refractivity contribution < 1.29 is 13.6 Å². The molecule has 0 saturated carbocycles. The molecule has 0 bridgehead atoms. The SMILES string of the molecule is O=C(CCc1ncc(-c2ccccc2F)o1)Nc1ccccc1CN1CCc2ccccc21. The molecule has 3 aromatic carbocycles. The molecular formula is C27H24FN3O2. The van der Waals surface area contributed by atoms with Crippen molar-refractivity contribution in [2.24, 2.45) is 0 Å². The molecule has 33 heavy (non-hydrogen) atoms. The summed E-state index contributed by atoms with van der Waals surface area (Å²) >= 11 is 0. The Labute approximate surface area is 191 Å². The lowest BCUT2D eigenvalue weighted by Gasteiger charge is -2.21. The van der Waals surface area contributed by atoms with E-state index in [1.807, 2.05) is 24.3 Å². The summed E-state index contributed by atoms with van der Waals surface area (Å²) in [6.45, 7) is 1.70. The van der Waals surface area contributed by atoms with Crippen molar-refractivity contribution in [2.75, 3.05) is 16.8 Å². The second-order valence-corrected chi connectivity index (χ2v) is 8.10. The molecule has 1 aliphatic rings. The van der Waals surface area contributed by atoms with Crippen LogP contribution in [0.25, 0.3) is 11.3 Å². The largest absolute Gasteiger partial charge is 0.441 e. The third-order valence-electron chi connectivity index (χ3n) is 5.89. The minimum absolute atomic E-state index is 0.116. The first-order chi connectivity index (χ1) is 16.2. The number of nitrogens with zero attached hydrogens (tertiary/aromatic N) is 2. The number of carbonyl (C=O) groups excluding carboxylic acids is 1. The van der Waals surface area contributed by atoms with E-state index in [0.717, 1.165) is 30.8 Å². The molecule has 5 nitrogen and oxygen atoms in total. The minimum Gasteiger partial charge on any atom is -0.441 e. The minimum atomic E-state index is -0.366. The lowest BCUT2D eigenvalue weighted by Crippen LogP contribution is -2.21. The lowest BCUT2D eigenvalue weighted by atomic mass is 10.1. The van der Waals surface area contributed by atoms with Crippen LogP contribution < -0.4 is 10.2 Å². The van der Waals surface area contributed by atoms with Crippen molar-refractivity contribution in [3.63, 3.8) is 0 Å².